The van der Waals surface area contributed by atoms with Gasteiger partial charge in [-0.2, -0.15) is 0 Å². The van der Waals surface area contributed by atoms with Gasteiger partial charge in [-0.25, -0.2) is 4.79 Å². The Morgan fingerprint density at radius 2 is 2.50 bits per heavy atom. The van der Waals surface area contributed by atoms with E-state index in [1.54, 1.807) is 0 Å². The molecule has 2 heterocycles. The molecule has 0 aromatic rings. The van der Waals surface area contributed by atoms with Crippen molar-refractivity contribution in [2.24, 2.45) is 0 Å². The topological polar surface area (TPSA) is 44.8 Å². The SMILES string of the molecule is COC(=O)/C=C1\C[C@]2(C)OCC[C@@H]2O1. The van der Waals surface area contributed by atoms with Crippen molar-refractivity contribution in [3.63, 3.8) is 0 Å². The number of esters is 1. The molecule has 0 N–H and O–H groups in total. The van der Waals surface area contributed by atoms with Crippen LogP contribution in [-0.4, -0.2) is 31.4 Å². The third-order valence-electron chi connectivity index (χ3n) is 2.79. The van der Waals surface area contributed by atoms with Crippen molar-refractivity contribution in [3.8, 4) is 0 Å². The summed E-state index contributed by atoms with van der Waals surface area (Å²) in [5.41, 5.74) is -0.236. The molecule has 78 valence electrons. The molecule has 0 aliphatic carbocycles. The molecule has 2 rings (SSSR count). The van der Waals surface area contributed by atoms with Gasteiger partial charge in [-0.1, -0.05) is 0 Å². The minimum absolute atomic E-state index is 0.0957. The number of fused-ring (bicyclic) bond motifs is 1. The predicted molar refractivity (Wildman–Crippen MR) is 48.6 cm³/mol. The van der Waals surface area contributed by atoms with Crippen molar-refractivity contribution in [1.29, 1.82) is 0 Å². The zero-order chi connectivity index (χ0) is 10.2. The van der Waals surface area contributed by atoms with Gasteiger partial charge in [0.25, 0.3) is 0 Å². The van der Waals surface area contributed by atoms with Crippen LogP contribution >= 0.6 is 0 Å². The maximum absolute atomic E-state index is 11.0. The fraction of sp³-hybridized carbons (Fsp3) is 0.700. The fourth-order valence-corrected chi connectivity index (χ4v) is 1.99. The second-order valence-corrected chi connectivity index (χ2v) is 3.87. The number of ether oxygens (including phenoxy) is 3. The van der Waals surface area contributed by atoms with Gasteiger partial charge in [-0.05, 0) is 6.92 Å². The Bertz CT molecular complexity index is 284. The number of rotatable bonds is 1. The Kier molecular flexibility index (Phi) is 2.23. The van der Waals surface area contributed by atoms with Crippen molar-refractivity contribution >= 4 is 5.97 Å². The highest BCUT2D eigenvalue weighted by Crippen LogP contribution is 2.41. The second-order valence-electron chi connectivity index (χ2n) is 3.87. The van der Waals surface area contributed by atoms with Crippen molar-refractivity contribution in [1.82, 2.24) is 0 Å². The van der Waals surface area contributed by atoms with E-state index in [0.29, 0.717) is 12.2 Å². The first-order valence-electron chi connectivity index (χ1n) is 4.73. The average Bonchev–Trinajstić information content (AvgIpc) is 2.59. The van der Waals surface area contributed by atoms with Gasteiger partial charge in [-0.15, -0.1) is 0 Å². The van der Waals surface area contributed by atoms with Crippen molar-refractivity contribution in [2.45, 2.75) is 31.5 Å². The van der Waals surface area contributed by atoms with Crippen LogP contribution in [-0.2, 0) is 19.0 Å². The van der Waals surface area contributed by atoms with E-state index in [0.717, 1.165) is 13.0 Å². The molecular weight excluding hydrogens is 184 g/mol. The van der Waals surface area contributed by atoms with E-state index in [-0.39, 0.29) is 17.7 Å². The van der Waals surface area contributed by atoms with Gasteiger partial charge in [0, 0.05) is 12.8 Å². The average molecular weight is 198 g/mol. The van der Waals surface area contributed by atoms with E-state index in [2.05, 4.69) is 4.74 Å². The molecule has 14 heavy (non-hydrogen) atoms. The minimum atomic E-state index is -0.372. The number of hydrogen-bond acceptors (Lipinski definition) is 4. The van der Waals surface area contributed by atoms with E-state index in [9.17, 15) is 4.79 Å². The molecule has 2 aliphatic rings. The van der Waals surface area contributed by atoms with Crippen LogP contribution in [0, 0.1) is 0 Å². The summed E-state index contributed by atoms with van der Waals surface area (Å²) in [6.07, 6.45) is 3.05. The number of hydrogen-bond donors (Lipinski definition) is 0. The van der Waals surface area contributed by atoms with Crippen LogP contribution in [0.1, 0.15) is 19.8 Å². The summed E-state index contributed by atoms with van der Waals surface area (Å²) in [4.78, 5) is 11.0. The monoisotopic (exact) mass is 198 g/mol. The minimum Gasteiger partial charge on any atom is -0.491 e. The molecule has 0 bridgehead atoms. The highest BCUT2D eigenvalue weighted by Gasteiger charge is 2.48. The fourth-order valence-electron chi connectivity index (χ4n) is 1.99. The van der Waals surface area contributed by atoms with Crippen molar-refractivity contribution < 1.29 is 19.0 Å². The Hall–Kier alpha value is -1.03. The molecule has 2 fully saturated rings. The van der Waals surface area contributed by atoms with Gasteiger partial charge in [-0.3, -0.25) is 0 Å². The summed E-state index contributed by atoms with van der Waals surface area (Å²) in [5, 5.41) is 0. The zero-order valence-corrected chi connectivity index (χ0v) is 8.41. The Labute approximate surface area is 82.8 Å². The molecule has 0 radical (unpaired) electrons. The highest BCUT2D eigenvalue weighted by atomic mass is 16.6. The maximum atomic E-state index is 11.0. The first kappa shape index (κ1) is 9.52. The van der Waals surface area contributed by atoms with E-state index < -0.39 is 0 Å². The summed E-state index contributed by atoms with van der Waals surface area (Å²) in [7, 11) is 1.35. The molecule has 4 heteroatoms. The third-order valence-corrected chi connectivity index (χ3v) is 2.79. The van der Waals surface area contributed by atoms with Crippen LogP contribution < -0.4 is 0 Å². The molecule has 0 unspecified atom stereocenters. The zero-order valence-electron chi connectivity index (χ0n) is 8.41. The normalized spacial score (nSPS) is 38.1. The van der Waals surface area contributed by atoms with Crippen molar-refractivity contribution in [2.75, 3.05) is 13.7 Å². The Morgan fingerprint density at radius 3 is 3.14 bits per heavy atom. The number of methoxy groups -OCH3 is 1. The molecule has 4 nitrogen and oxygen atoms in total. The largest absolute Gasteiger partial charge is 0.491 e. The first-order chi connectivity index (χ1) is 6.64. The molecule has 0 aromatic heterocycles. The molecule has 0 spiro atoms. The molecule has 0 aromatic carbocycles. The quantitative estimate of drug-likeness (QED) is 0.466. The lowest BCUT2D eigenvalue weighted by Gasteiger charge is -2.18. The highest BCUT2D eigenvalue weighted by molar-refractivity contribution is 5.82. The van der Waals surface area contributed by atoms with Crippen LogP contribution in [0.3, 0.4) is 0 Å². The van der Waals surface area contributed by atoms with Crippen LogP contribution in [0.2, 0.25) is 0 Å². The molecule has 2 atom stereocenters. The van der Waals surface area contributed by atoms with E-state index in [1.807, 2.05) is 6.92 Å². The smallest absolute Gasteiger partial charge is 0.333 e. The lowest BCUT2D eigenvalue weighted by molar-refractivity contribution is -0.135. The lowest BCUT2D eigenvalue weighted by atomic mass is 9.98. The first-order valence-corrected chi connectivity index (χ1v) is 4.73. The van der Waals surface area contributed by atoms with Crippen molar-refractivity contribution in [3.05, 3.63) is 11.8 Å². The molecule has 0 saturated carbocycles. The number of carbonyl (C=O) groups is 1. The van der Waals surface area contributed by atoms with E-state index >= 15 is 0 Å². The predicted octanol–water partition coefficient (Wildman–Crippen LogP) is 1.01. The van der Waals surface area contributed by atoms with Gasteiger partial charge < -0.3 is 14.2 Å². The maximum Gasteiger partial charge on any atom is 0.333 e. The van der Waals surface area contributed by atoms with Crippen LogP contribution in [0.15, 0.2) is 11.8 Å². The Morgan fingerprint density at radius 1 is 1.71 bits per heavy atom. The van der Waals surface area contributed by atoms with E-state index in [4.69, 9.17) is 9.47 Å². The standard InChI is InChI=1S/C10H14O4/c1-10-6-7(5-9(11)12-2)14-8(10)3-4-13-10/h5,8H,3-4,6H2,1-2H3/b7-5+/t8-,10-/m0/s1. The van der Waals surface area contributed by atoms with Crippen LogP contribution in [0.25, 0.3) is 0 Å². The lowest BCUT2D eigenvalue weighted by Crippen LogP contribution is -2.30. The number of carbonyl (C=O) groups excluding carboxylic acids is 1. The van der Waals surface area contributed by atoms with E-state index in [1.165, 1.54) is 13.2 Å². The van der Waals surface area contributed by atoms with Crippen LogP contribution in [0.5, 0.6) is 0 Å². The molecular formula is C10H14O4. The van der Waals surface area contributed by atoms with Gasteiger partial charge in [0.1, 0.15) is 17.5 Å². The van der Waals surface area contributed by atoms with Gasteiger partial charge in [0.15, 0.2) is 0 Å². The molecule has 2 aliphatic heterocycles. The summed E-state index contributed by atoms with van der Waals surface area (Å²) in [6.45, 7) is 2.76. The summed E-state index contributed by atoms with van der Waals surface area (Å²) in [5.74, 6) is 0.299. The van der Waals surface area contributed by atoms with Crippen LogP contribution in [0.4, 0.5) is 0 Å². The molecule has 2 saturated heterocycles. The molecule has 0 amide bonds. The van der Waals surface area contributed by atoms with Gasteiger partial charge >= 0.3 is 5.97 Å². The summed E-state index contributed by atoms with van der Waals surface area (Å²) < 4.78 is 15.7. The Balaban J connectivity index is 2.08. The third kappa shape index (κ3) is 1.50. The summed E-state index contributed by atoms with van der Waals surface area (Å²) in [6, 6.07) is 0. The summed E-state index contributed by atoms with van der Waals surface area (Å²) >= 11 is 0. The van der Waals surface area contributed by atoms with Gasteiger partial charge in [0.05, 0.1) is 19.8 Å². The second kappa shape index (κ2) is 3.28. The van der Waals surface area contributed by atoms with Gasteiger partial charge in [0.2, 0.25) is 0 Å².